The fourth-order valence-corrected chi connectivity index (χ4v) is 2.64. The number of aromatic nitrogens is 3. The van der Waals surface area contributed by atoms with E-state index in [-0.39, 0.29) is 10.8 Å². The largest absolute Gasteiger partial charge is 0.334 e. The van der Waals surface area contributed by atoms with Crippen LogP contribution in [-0.2, 0) is 10.0 Å². The molecule has 0 saturated carbocycles. The molecule has 0 radical (unpaired) electrons. The maximum absolute atomic E-state index is 11.8. The second-order valence-electron chi connectivity index (χ2n) is 4.40. The molecule has 0 amide bonds. The van der Waals surface area contributed by atoms with E-state index in [0.717, 1.165) is 5.56 Å². The van der Waals surface area contributed by atoms with E-state index in [1.165, 1.54) is 19.2 Å². The third-order valence-electron chi connectivity index (χ3n) is 3.01. The topological polar surface area (TPSA) is 98.0 Å². The molecule has 0 fully saturated rings. The van der Waals surface area contributed by atoms with Gasteiger partial charge in [0.2, 0.25) is 15.8 Å². The molecule has 2 aromatic heterocycles. The Bertz CT molecular complexity index is 891. The number of rotatable bonds is 4. The maximum atomic E-state index is 11.8. The highest BCUT2D eigenvalue weighted by molar-refractivity contribution is 7.89. The summed E-state index contributed by atoms with van der Waals surface area (Å²) in [6, 6.07) is 9.87. The van der Waals surface area contributed by atoms with Crippen molar-refractivity contribution in [3.05, 3.63) is 48.8 Å². The average Bonchev–Trinajstić information content (AvgIpc) is 3.06. The van der Waals surface area contributed by atoms with E-state index in [1.807, 2.05) is 6.07 Å². The SMILES string of the molecule is CNS(=O)(=O)c1cccc(-c2nc(-c3cccnc3)no2)c1. The molecule has 0 aliphatic heterocycles. The molecule has 0 aliphatic carbocycles. The van der Waals surface area contributed by atoms with Gasteiger partial charge in [0, 0.05) is 23.5 Å². The number of nitrogens with one attached hydrogen (secondary N) is 1. The first-order chi connectivity index (χ1) is 10.6. The Morgan fingerprint density at radius 1 is 1.14 bits per heavy atom. The monoisotopic (exact) mass is 316 g/mol. The predicted molar refractivity (Wildman–Crippen MR) is 79.2 cm³/mol. The first-order valence-electron chi connectivity index (χ1n) is 6.38. The van der Waals surface area contributed by atoms with Gasteiger partial charge in [-0.15, -0.1) is 0 Å². The van der Waals surface area contributed by atoms with Crippen LogP contribution in [0.3, 0.4) is 0 Å². The molecular formula is C14H12N4O3S. The molecule has 0 spiro atoms. The van der Waals surface area contributed by atoms with E-state index in [0.29, 0.717) is 11.4 Å². The van der Waals surface area contributed by atoms with Crippen LogP contribution in [0.2, 0.25) is 0 Å². The van der Waals surface area contributed by atoms with Gasteiger partial charge in [-0.25, -0.2) is 13.1 Å². The maximum Gasteiger partial charge on any atom is 0.258 e. The Labute approximate surface area is 127 Å². The van der Waals surface area contributed by atoms with E-state index in [1.54, 1.807) is 30.6 Å². The molecule has 0 atom stereocenters. The summed E-state index contributed by atoms with van der Waals surface area (Å²) in [5.41, 5.74) is 1.25. The van der Waals surface area contributed by atoms with Crippen LogP contribution in [-0.4, -0.2) is 30.6 Å². The van der Waals surface area contributed by atoms with Crippen LogP contribution in [0.1, 0.15) is 0 Å². The Kier molecular flexibility index (Phi) is 3.70. The van der Waals surface area contributed by atoms with Gasteiger partial charge in [-0.05, 0) is 37.4 Å². The molecule has 1 aromatic carbocycles. The van der Waals surface area contributed by atoms with Crippen molar-refractivity contribution >= 4 is 10.0 Å². The second-order valence-corrected chi connectivity index (χ2v) is 6.29. The average molecular weight is 316 g/mol. The zero-order valence-corrected chi connectivity index (χ0v) is 12.4. The minimum absolute atomic E-state index is 0.133. The molecule has 1 N–H and O–H groups in total. The van der Waals surface area contributed by atoms with Crippen LogP contribution in [0, 0.1) is 0 Å². The molecule has 112 valence electrons. The van der Waals surface area contributed by atoms with E-state index >= 15 is 0 Å². The minimum Gasteiger partial charge on any atom is -0.334 e. The third-order valence-corrected chi connectivity index (χ3v) is 4.42. The number of nitrogens with zero attached hydrogens (tertiary/aromatic N) is 3. The van der Waals surface area contributed by atoms with Crippen molar-refractivity contribution in [3.8, 4) is 22.8 Å². The quantitative estimate of drug-likeness (QED) is 0.787. The standard InChI is InChI=1S/C14H12N4O3S/c1-15-22(19,20)12-6-2-4-10(8-12)14-17-13(18-21-14)11-5-3-7-16-9-11/h2-9,15H,1H3. The summed E-state index contributed by atoms with van der Waals surface area (Å²) in [5, 5.41) is 3.88. The van der Waals surface area contributed by atoms with E-state index in [2.05, 4.69) is 19.8 Å². The zero-order chi connectivity index (χ0) is 15.6. The van der Waals surface area contributed by atoms with Gasteiger partial charge in [0.1, 0.15) is 0 Å². The molecule has 2 heterocycles. The first-order valence-corrected chi connectivity index (χ1v) is 7.86. The van der Waals surface area contributed by atoms with Crippen molar-refractivity contribution in [1.82, 2.24) is 19.8 Å². The number of hydrogen-bond donors (Lipinski definition) is 1. The second kappa shape index (κ2) is 5.66. The predicted octanol–water partition coefficient (Wildman–Crippen LogP) is 1.71. The van der Waals surface area contributed by atoms with Crippen LogP contribution in [0.25, 0.3) is 22.8 Å². The van der Waals surface area contributed by atoms with Crippen molar-refractivity contribution in [2.75, 3.05) is 7.05 Å². The molecule has 7 nitrogen and oxygen atoms in total. The smallest absolute Gasteiger partial charge is 0.258 e. The number of sulfonamides is 1. The van der Waals surface area contributed by atoms with Crippen molar-refractivity contribution in [3.63, 3.8) is 0 Å². The first kappa shape index (κ1) is 14.4. The molecule has 0 aliphatic rings. The highest BCUT2D eigenvalue weighted by Gasteiger charge is 2.15. The van der Waals surface area contributed by atoms with Crippen molar-refractivity contribution in [2.24, 2.45) is 0 Å². The van der Waals surface area contributed by atoms with Gasteiger partial charge in [0.05, 0.1) is 4.90 Å². The van der Waals surface area contributed by atoms with Crippen molar-refractivity contribution in [1.29, 1.82) is 0 Å². The summed E-state index contributed by atoms with van der Waals surface area (Å²) in [7, 11) is -2.17. The Morgan fingerprint density at radius 3 is 2.68 bits per heavy atom. The minimum atomic E-state index is -3.52. The van der Waals surface area contributed by atoms with Gasteiger partial charge in [-0.2, -0.15) is 4.98 Å². The summed E-state index contributed by atoms with van der Waals surface area (Å²) >= 11 is 0. The lowest BCUT2D eigenvalue weighted by Gasteiger charge is -2.02. The van der Waals surface area contributed by atoms with Gasteiger partial charge in [-0.1, -0.05) is 11.2 Å². The van der Waals surface area contributed by atoms with E-state index in [9.17, 15) is 8.42 Å². The van der Waals surface area contributed by atoms with Gasteiger partial charge < -0.3 is 4.52 Å². The highest BCUT2D eigenvalue weighted by atomic mass is 32.2. The Balaban J connectivity index is 1.99. The van der Waals surface area contributed by atoms with Gasteiger partial charge in [0.15, 0.2) is 0 Å². The summed E-state index contributed by atoms with van der Waals surface area (Å²) in [6.07, 6.45) is 3.27. The molecular weight excluding hydrogens is 304 g/mol. The molecule has 3 rings (SSSR count). The normalized spacial score (nSPS) is 11.5. The van der Waals surface area contributed by atoms with E-state index < -0.39 is 10.0 Å². The lowest BCUT2D eigenvalue weighted by atomic mass is 10.2. The fourth-order valence-electron chi connectivity index (χ4n) is 1.87. The van der Waals surface area contributed by atoms with Gasteiger partial charge in [0.25, 0.3) is 5.89 Å². The molecule has 3 aromatic rings. The number of hydrogen-bond acceptors (Lipinski definition) is 6. The van der Waals surface area contributed by atoms with Crippen LogP contribution >= 0.6 is 0 Å². The molecule has 0 bridgehead atoms. The van der Waals surface area contributed by atoms with Crippen LogP contribution in [0.15, 0.2) is 58.2 Å². The van der Waals surface area contributed by atoms with Gasteiger partial charge in [-0.3, -0.25) is 4.98 Å². The van der Waals surface area contributed by atoms with Crippen LogP contribution in [0.4, 0.5) is 0 Å². The third kappa shape index (κ3) is 2.74. The van der Waals surface area contributed by atoms with E-state index in [4.69, 9.17) is 4.52 Å². The Morgan fingerprint density at radius 2 is 1.95 bits per heavy atom. The van der Waals surface area contributed by atoms with Crippen LogP contribution < -0.4 is 4.72 Å². The lowest BCUT2D eigenvalue weighted by molar-refractivity contribution is 0.432. The zero-order valence-electron chi connectivity index (χ0n) is 11.6. The molecule has 0 saturated heterocycles. The van der Waals surface area contributed by atoms with Crippen LogP contribution in [0.5, 0.6) is 0 Å². The summed E-state index contributed by atoms with van der Waals surface area (Å²) in [5.74, 6) is 0.636. The fraction of sp³-hybridized carbons (Fsp3) is 0.0714. The molecule has 22 heavy (non-hydrogen) atoms. The summed E-state index contributed by atoms with van der Waals surface area (Å²) in [6.45, 7) is 0. The Hall–Kier alpha value is -2.58. The molecule has 0 unspecified atom stereocenters. The highest BCUT2D eigenvalue weighted by Crippen LogP contribution is 2.23. The lowest BCUT2D eigenvalue weighted by Crippen LogP contribution is -2.18. The van der Waals surface area contributed by atoms with Gasteiger partial charge >= 0.3 is 0 Å². The van der Waals surface area contributed by atoms with Crippen molar-refractivity contribution < 1.29 is 12.9 Å². The number of pyridine rings is 1. The summed E-state index contributed by atoms with van der Waals surface area (Å²) in [4.78, 5) is 8.39. The molecule has 8 heteroatoms. The van der Waals surface area contributed by atoms with Crippen molar-refractivity contribution in [2.45, 2.75) is 4.90 Å². The summed E-state index contributed by atoms with van der Waals surface area (Å²) < 4.78 is 31.1. The number of benzene rings is 1.